The summed E-state index contributed by atoms with van der Waals surface area (Å²) in [7, 11) is 0. The lowest BCUT2D eigenvalue weighted by molar-refractivity contribution is 0.0224. The van der Waals surface area contributed by atoms with Crippen LogP contribution in [0.4, 0.5) is 0 Å². The maximum atomic E-state index is 12.6. The van der Waals surface area contributed by atoms with E-state index in [0.29, 0.717) is 62.3 Å². The van der Waals surface area contributed by atoms with E-state index in [0.717, 1.165) is 10.9 Å². The van der Waals surface area contributed by atoms with E-state index in [1.54, 1.807) is 0 Å². The van der Waals surface area contributed by atoms with E-state index in [2.05, 4.69) is 0 Å². The molecule has 3 aromatic rings. The van der Waals surface area contributed by atoms with Gasteiger partial charge in [0.15, 0.2) is 11.3 Å². The van der Waals surface area contributed by atoms with Gasteiger partial charge in [-0.3, -0.25) is 0 Å². The molecule has 6 nitrogen and oxygen atoms in total. The maximum Gasteiger partial charge on any atom is 0.344 e. The Hall–Kier alpha value is -2.83. The molecule has 2 aromatic carbocycles. The van der Waals surface area contributed by atoms with Crippen LogP contribution < -0.4 is 15.1 Å². The predicted octanol–water partition coefficient (Wildman–Crippen LogP) is 3.26. The van der Waals surface area contributed by atoms with Crippen LogP contribution in [0.2, 0.25) is 0 Å². The predicted molar refractivity (Wildman–Crippen MR) is 101 cm³/mol. The molecule has 2 heterocycles. The summed E-state index contributed by atoms with van der Waals surface area (Å²) in [5, 5.41) is 0.764. The quantitative estimate of drug-likeness (QED) is 0.614. The molecule has 0 saturated heterocycles. The van der Waals surface area contributed by atoms with Crippen LogP contribution in [0.25, 0.3) is 22.1 Å². The second-order valence-electron chi connectivity index (χ2n) is 6.05. The molecular formula is C21H20O6. The van der Waals surface area contributed by atoms with Gasteiger partial charge in [-0.15, -0.1) is 0 Å². The van der Waals surface area contributed by atoms with Gasteiger partial charge in [-0.05, 0) is 23.8 Å². The number of rotatable bonds is 1. The van der Waals surface area contributed by atoms with Crippen LogP contribution in [-0.4, -0.2) is 39.6 Å². The highest BCUT2D eigenvalue weighted by atomic mass is 16.6. The highest BCUT2D eigenvalue weighted by molar-refractivity contribution is 5.88. The molecule has 0 unspecified atom stereocenters. The molecule has 0 bridgehead atoms. The second-order valence-corrected chi connectivity index (χ2v) is 6.05. The van der Waals surface area contributed by atoms with Crippen molar-refractivity contribution in [3.8, 4) is 22.6 Å². The van der Waals surface area contributed by atoms with Crippen molar-refractivity contribution in [2.75, 3.05) is 39.6 Å². The third-order valence-corrected chi connectivity index (χ3v) is 4.24. The Labute approximate surface area is 156 Å². The fourth-order valence-electron chi connectivity index (χ4n) is 2.95. The Kier molecular flexibility index (Phi) is 5.37. The van der Waals surface area contributed by atoms with Crippen molar-refractivity contribution in [3.05, 3.63) is 59.0 Å². The Bertz CT molecular complexity index is 964. The summed E-state index contributed by atoms with van der Waals surface area (Å²) in [6, 6.07) is 14.9. The summed E-state index contributed by atoms with van der Waals surface area (Å²) < 4.78 is 28.1. The molecule has 0 amide bonds. The molecule has 0 N–H and O–H groups in total. The first-order valence-electron chi connectivity index (χ1n) is 8.90. The maximum absolute atomic E-state index is 12.6. The Morgan fingerprint density at radius 3 is 2.22 bits per heavy atom. The molecule has 0 fully saturated rings. The third-order valence-electron chi connectivity index (χ3n) is 4.24. The monoisotopic (exact) mass is 368 g/mol. The SMILES string of the molecule is O=c1oc2c3c(ccc2cc1-c1ccccc1)OCCOCCOCCO3. The van der Waals surface area contributed by atoms with E-state index >= 15 is 0 Å². The fraction of sp³-hybridized carbons (Fsp3) is 0.286. The lowest BCUT2D eigenvalue weighted by Gasteiger charge is -2.16. The largest absolute Gasteiger partial charge is 0.487 e. The number of hydrogen-bond donors (Lipinski definition) is 0. The first kappa shape index (κ1) is 17.6. The van der Waals surface area contributed by atoms with Crippen LogP contribution in [0.15, 0.2) is 57.7 Å². The van der Waals surface area contributed by atoms with Crippen molar-refractivity contribution in [1.82, 2.24) is 0 Å². The third kappa shape index (κ3) is 3.97. The highest BCUT2D eigenvalue weighted by Crippen LogP contribution is 2.36. The molecule has 4 rings (SSSR count). The molecular weight excluding hydrogens is 348 g/mol. The van der Waals surface area contributed by atoms with Crippen LogP contribution in [0.5, 0.6) is 11.5 Å². The van der Waals surface area contributed by atoms with Gasteiger partial charge in [-0.1, -0.05) is 30.3 Å². The topological polar surface area (TPSA) is 67.1 Å². The minimum Gasteiger partial charge on any atom is -0.487 e. The van der Waals surface area contributed by atoms with Gasteiger partial charge < -0.3 is 23.4 Å². The van der Waals surface area contributed by atoms with Gasteiger partial charge in [0.2, 0.25) is 5.75 Å². The molecule has 1 aromatic heterocycles. The molecule has 0 aliphatic carbocycles. The smallest absolute Gasteiger partial charge is 0.344 e. The van der Waals surface area contributed by atoms with Crippen molar-refractivity contribution >= 4 is 11.0 Å². The zero-order chi connectivity index (χ0) is 18.5. The molecule has 27 heavy (non-hydrogen) atoms. The number of benzene rings is 2. The average Bonchev–Trinajstić information content (AvgIpc) is 2.69. The molecule has 0 saturated carbocycles. The Balaban J connectivity index is 1.77. The van der Waals surface area contributed by atoms with Gasteiger partial charge in [0.05, 0.1) is 32.0 Å². The number of ether oxygens (including phenoxy) is 4. The van der Waals surface area contributed by atoms with E-state index in [1.807, 2.05) is 48.5 Å². The highest BCUT2D eigenvalue weighted by Gasteiger charge is 2.17. The minimum atomic E-state index is -0.420. The number of hydrogen-bond acceptors (Lipinski definition) is 6. The zero-order valence-electron chi connectivity index (χ0n) is 14.8. The molecule has 0 radical (unpaired) electrons. The van der Waals surface area contributed by atoms with Crippen LogP contribution >= 0.6 is 0 Å². The second kappa shape index (κ2) is 8.24. The van der Waals surface area contributed by atoms with Gasteiger partial charge in [-0.25, -0.2) is 4.79 Å². The molecule has 1 aliphatic rings. The van der Waals surface area contributed by atoms with Crippen molar-refractivity contribution < 1.29 is 23.4 Å². The van der Waals surface area contributed by atoms with Crippen LogP contribution in [-0.2, 0) is 9.47 Å². The van der Waals surface area contributed by atoms with Gasteiger partial charge in [0.1, 0.15) is 13.2 Å². The van der Waals surface area contributed by atoms with E-state index in [1.165, 1.54) is 0 Å². The van der Waals surface area contributed by atoms with Gasteiger partial charge in [0, 0.05) is 5.39 Å². The summed E-state index contributed by atoms with van der Waals surface area (Å²) >= 11 is 0. The van der Waals surface area contributed by atoms with E-state index in [4.69, 9.17) is 23.4 Å². The van der Waals surface area contributed by atoms with Gasteiger partial charge in [-0.2, -0.15) is 0 Å². The van der Waals surface area contributed by atoms with Crippen LogP contribution in [0.1, 0.15) is 0 Å². The van der Waals surface area contributed by atoms with E-state index < -0.39 is 5.63 Å². The summed E-state index contributed by atoms with van der Waals surface area (Å²) in [6.07, 6.45) is 0. The first-order valence-corrected chi connectivity index (χ1v) is 8.90. The molecule has 140 valence electrons. The standard InChI is InChI=1S/C21H20O6/c22-21-17(15-4-2-1-3-5-15)14-16-6-7-18-20(19(16)27-21)26-13-11-24-9-8-23-10-12-25-18/h1-7,14H,8-13H2. The molecule has 6 heteroatoms. The summed E-state index contributed by atoms with van der Waals surface area (Å²) in [6.45, 7) is 2.56. The minimum absolute atomic E-state index is 0.319. The Morgan fingerprint density at radius 1 is 0.741 bits per heavy atom. The van der Waals surface area contributed by atoms with Crippen molar-refractivity contribution in [2.45, 2.75) is 0 Å². The lowest BCUT2D eigenvalue weighted by atomic mass is 10.1. The van der Waals surface area contributed by atoms with Crippen LogP contribution in [0.3, 0.4) is 0 Å². The fourth-order valence-corrected chi connectivity index (χ4v) is 2.95. The number of fused-ring (bicyclic) bond motifs is 3. The molecule has 0 spiro atoms. The van der Waals surface area contributed by atoms with Crippen molar-refractivity contribution in [1.29, 1.82) is 0 Å². The lowest BCUT2D eigenvalue weighted by Crippen LogP contribution is -2.16. The van der Waals surface area contributed by atoms with Gasteiger partial charge >= 0.3 is 5.63 Å². The summed E-state index contributed by atoms with van der Waals surface area (Å²) in [5.74, 6) is 0.927. The first-order chi connectivity index (χ1) is 13.3. The summed E-state index contributed by atoms with van der Waals surface area (Å²) in [4.78, 5) is 12.6. The van der Waals surface area contributed by atoms with Crippen molar-refractivity contribution in [3.63, 3.8) is 0 Å². The molecule has 1 aliphatic heterocycles. The van der Waals surface area contributed by atoms with E-state index in [-0.39, 0.29) is 0 Å². The Morgan fingerprint density at radius 2 is 1.44 bits per heavy atom. The van der Waals surface area contributed by atoms with Crippen molar-refractivity contribution in [2.24, 2.45) is 0 Å². The molecule has 0 atom stereocenters. The normalized spacial score (nSPS) is 15.7. The van der Waals surface area contributed by atoms with Crippen LogP contribution in [0, 0.1) is 0 Å². The van der Waals surface area contributed by atoms with E-state index in [9.17, 15) is 4.79 Å². The zero-order valence-corrected chi connectivity index (χ0v) is 14.8. The summed E-state index contributed by atoms with van der Waals surface area (Å²) in [5.41, 5.74) is 1.27. The van der Waals surface area contributed by atoms with Gasteiger partial charge in [0.25, 0.3) is 0 Å². The average molecular weight is 368 g/mol.